The van der Waals surface area contributed by atoms with Gasteiger partial charge in [0.1, 0.15) is 5.75 Å². The Morgan fingerprint density at radius 2 is 2.00 bits per heavy atom. The number of benzene rings is 1. The van der Waals surface area contributed by atoms with E-state index >= 15 is 0 Å². The van der Waals surface area contributed by atoms with Gasteiger partial charge in [-0.2, -0.15) is 0 Å². The zero-order chi connectivity index (χ0) is 15.9. The van der Waals surface area contributed by atoms with Crippen LogP contribution < -0.4 is 14.8 Å². The number of anilines is 1. The molecule has 0 aliphatic carbocycles. The van der Waals surface area contributed by atoms with Crippen LogP contribution in [0.3, 0.4) is 0 Å². The van der Waals surface area contributed by atoms with E-state index in [0.717, 1.165) is 18.5 Å². The van der Waals surface area contributed by atoms with E-state index in [9.17, 15) is 8.42 Å². The van der Waals surface area contributed by atoms with Crippen molar-refractivity contribution in [3.8, 4) is 5.75 Å². The van der Waals surface area contributed by atoms with Crippen LogP contribution in [0, 0.1) is 6.92 Å². The summed E-state index contributed by atoms with van der Waals surface area (Å²) in [4.78, 5) is 0. The number of halogens is 1. The van der Waals surface area contributed by atoms with E-state index < -0.39 is 10.0 Å². The van der Waals surface area contributed by atoms with Crippen LogP contribution in [-0.2, 0) is 10.0 Å². The molecule has 1 aromatic rings. The van der Waals surface area contributed by atoms with Crippen molar-refractivity contribution in [1.29, 1.82) is 0 Å². The van der Waals surface area contributed by atoms with Gasteiger partial charge in [0.05, 0.1) is 18.6 Å². The summed E-state index contributed by atoms with van der Waals surface area (Å²) >= 11 is 6.00. The first-order valence-corrected chi connectivity index (χ1v) is 8.98. The molecular formula is C14H23ClN2O3S. The molecule has 0 bridgehead atoms. The molecule has 2 N–H and O–H groups in total. The van der Waals surface area contributed by atoms with Crippen molar-refractivity contribution >= 4 is 27.3 Å². The van der Waals surface area contributed by atoms with Gasteiger partial charge in [-0.05, 0) is 44.5 Å². The Hall–Kier alpha value is -0.980. The average Bonchev–Trinajstić information content (AvgIpc) is 2.42. The third-order valence-electron chi connectivity index (χ3n) is 2.94. The van der Waals surface area contributed by atoms with Crippen LogP contribution in [-0.4, -0.2) is 34.4 Å². The molecule has 1 aromatic carbocycles. The molecule has 0 heterocycles. The largest absolute Gasteiger partial charge is 0.495 e. The van der Waals surface area contributed by atoms with Gasteiger partial charge in [0.25, 0.3) is 0 Å². The van der Waals surface area contributed by atoms with Crippen LogP contribution in [0.25, 0.3) is 0 Å². The molecule has 1 rings (SSSR count). The second kappa shape index (κ2) is 8.46. The molecule has 0 saturated carbocycles. The van der Waals surface area contributed by atoms with Crippen molar-refractivity contribution < 1.29 is 13.2 Å². The van der Waals surface area contributed by atoms with Crippen LogP contribution in [0.4, 0.5) is 5.69 Å². The summed E-state index contributed by atoms with van der Waals surface area (Å²) < 4.78 is 31.9. The van der Waals surface area contributed by atoms with Crippen molar-refractivity contribution in [2.75, 3.05) is 30.7 Å². The maximum Gasteiger partial charge on any atom is 0.232 e. The van der Waals surface area contributed by atoms with Crippen LogP contribution in [0.1, 0.15) is 25.3 Å². The quantitative estimate of drug-likeness (QED) is 0.681. The Balaban J connectivity index is 2.68. The predicted octanol–water partition coefficient (Wildman–Crippen LogP) is 2.79. The lowest BCUT2D eigenvalue weighted by Gasteiger charge is -2.13. The second-order valence-corrected chi connectivity index (χ2v) is 7.08. The third kappa shape index (κ3) is 6.11. The molecular weight excluding hydrogens is 312 g/mol. The Kier molecular flexibility index (Phi) is 7.28. The Morgan fingerprint density at radius 1 is 1.29 bits per heavy atom. The molecule has 0 atom stereocenters. The van der Waals surface area contributed by atoms with Crippen molar-refractivity contribution in [2.45, 2.75) is 26.7 Å². The van der Waals surface area contributed by atoms with Gasteiger partial charge in [-0.3, -0.25) is 4.72 Å². The minimum Gasteiger partial charge on any atom is -0.495 e. The minimum absolute atomic E-state index is 0.0640. The minimum atomic E-state index is -3.40. The highest BCUT2D eigenvalue weighted by Crippen LogP contribution is 2.31. The summed E-state index contributed by atoms with van der Waals surface area (Å²) in [6, 6.07) is 3.28. The molecule has 0 spiro atoms. The van der Waals surface area contributed by atoms with E-state index in [1.165, 1.54) is 7.11 Å². The Labute approximate surface area is 132 Å². The summed E-state index contributed by atoms with van der Waals surface area (Å²) in [5.41, 5.74) is 1.21. The normalized spacial score (nSPS) is 11.4. The number of hydrogen-bond acceptors (Lipinski definition) is 4. The molecule has 0 amide bonds. The number of rotatable bonds is 9. The van der Waals surface area contributed by atoms with Gasteiger partial charge in [0.15, 0.2) is 0 Å². The maximum absolute atomic E-state index is 12.1. The van der Waals surface area contributed by atoms with E-state index in [2.05, 4.69) is 17.0 Å². The third-order valence-corrected chi connectivity index (χ3v) is 4.70. The summed E-state index contributed by atoms with van der Waals surface area (Å²) in [7, 11) is -1.92. The smallest absolute Gasteiger partial charge is 0.232 e. The molecule has 120 valence electrons. The fourth-order valence-corrected chi connectivity index (χ4v) is 3.09. The van der Waals surface area contributed by atoms with Gasteiger partial charge in [-0.15, -0.1) is 0 Å². The first kappa shape index (κ1) is 18.1. The van der Waals surface area contributed by atoms with Crippen LogP contribution in [0.2, 0.25) is 5.02 Å². The highest BCUT2D eigenvalue weighted by Gasteiger charge is 2.14. The first-order valence-electron chi connectivity index (χ1n) is 6.95. The molecule has 0 unspecified atom stereocenters. The summed E-state index contributed by atoms with van der Waals surface area (Å²) in [5.74, 6) is 0.479. The van der Waals surface area contributed by atoms with Crippen LogP contribution in [0.15, 0.2) is 12.1 Å². The second-order valence-electron chi connectivity index (χ2n) is 4.83. The number of sulfonamides is 1. The van der Waals surface area contributed by atoms with E-state index in [0.29, 0.717) is 29.4 Å². The number of hydrogen-bond donors (Lipinski definition) is 2. The van der Waals surface area contributed by atoms with Crippen molar-refractivity contribution in [3.63, 3.8) is 0 Å². The predicted molar refractivity (Wildman–Crippen MR) is 87.9 cm³/mol. The molecule has 7 heteroatoms. The first-order chi connectivity index (χ1) is 9.89. The zero-order valence-electron chi connectivity index (χ0n) is 12.7. The SMILES string of the molecule is CCCNCCCS(=O)(=O)Nc1cc(C)c(Cl)cc1OC. The van der Waals surface area contributed by atoms with Gasteiger partial charge < -0.3 is 10.1 Å². The highest BCUT2D eigenvalue weighted by molar-refractivity contribution is 7.92. The van der Waals surface area contributed by atoms with Crippen LogP contribution >= 0.6 is 11.6 Å². The molecule has 0 aromatic heterocycles. The fourth-order valence-electron chi connectivity index (χ4n) is 1.82. The lowest BCUT2D eigenvalue weighted by Crippen LogP contribution is -2.22. The fraction of sp³-hybridized carbons (Fsp3) is 0.571. The number of nitrogens with one attached hydrogen (secondary N) is 2. The van der Waals surface area contributed by atoms with E-state index in [1.807, 2.05) is 6.92 Å². The van der Waals surface area contributed by atoms with E-state index in [1.54, 1.807) is 12.1 Å². The monoisotopic (exact) mass is 334 g/mol. The zero-order valence-corrected chi connectivity index (χ0v) is 14.3. The van der Waals surface area contributed by atoms with Crippen molar-refractivity contribution in [2.24, 2.45) is 0 Å². The molecule has 0 aliphatic rings. The van der Waals surface area contributed by atoms with E-state index in [-0.39, 0.29) is 5.75 Å². The molecule has 0 aliphatic heterocycles. The molecule has 0 radical (unpaired) electrons. The molecule has 21 heavy (non-hydrogen) atoms. The van der Waals surface area contributed by atoms with E-state index in [4.69, 9.17) is 16.3 Å². The van der Waals surface area contributed by atoms with Gasteiger partial charge in [0, 0.05) is 11.1 Å². The maximum atomic E-state index is 12.1. The van der Waals surface area contributed by atoms with Gasteiger partial charge in [-0.1, -0.05) is 18.5 Å². The standard InChI is InChI=1S/C14H23ClN2O3S/c1-4-6-16-7-5-8-21(18,19)17-13-9-11(2)12(15)10-14(13)20-3/h9-10,16-17H,4-8H2,1-3H3. The highest BCUT2D eigenvalue weighted by atomic mass is 35.5. The molecule has 0 fully saturated rings. The molecule has 0 saturated heterocycles. The Bertz CT molecular complexity index is 562. The average molecular weight is 335 g/mol. The topological polar surface area (TPSA) is 67.4 Å². The molecule has 5 nitrogen and oxygen atoms in total. The Morgan fingerprint density at radius 3 is 2.62 bits per heavy atom. The van der Waals surface area contributed by atoms with Crippen molar-refractivity contribution in [1.82, 2.24) is 5.32 Å². The summed E-state index contributed by atoms with van der Waals surface area (Å²) in [6.07, 6.45) is 1.59. The van der Waals surface area contributed by atoms with Crippen LogP contribution in [0.5, 0.6) is 5.75 Å². The van der Waals surface area contributed by atoms with Gasteiger partial charge in [0.2, 0.25) is 10.0 Å². The lowest BCUT2D eigenvalue weighted by atomic mass is 10.2. The number of aryl methyl sites for hydroxylation is 1. The number of ether oxygens (including phenoxy) is 1. The van der Waals surface area contributed by atoms with Gasteiger partial charge in [-0.25, -0.2) is 8.42 Å². The lowest BCUT2D eigenvalue weighted by molar-refractivity contribution is 0.417. The number of methoxy groups -OCH3 is 1. The van der Waals surface area contributed by atoms with Crippen molar-refractivity contribution in [3.05, 3.63) is 22.7 Å². The van der Waals surface area contributed by atoms with Gasteiger partial charge >= 0.3 is 0 Å². The summed E-state index contributed by atoms with van der Waals surface area (Å²) in [5, 5.41) is 3.72. The summed E-state index contributed by atoms with van der Waals surface area (Å²) in [6.45, 7) is 5.47.